The average molecular weight is 423 g/mol. The van der Waals surface area contributed by atoms with E-state index in [0.29, 0.717) is 12.1 Å². The molecule has 0 atom stereocenters. The van der Waals surface area contributed by atoms with Gasteiger partial charge in [-0.1, -0.05) is 36.0 Å². The van der Waals surface area contributed by atoms with Gasteiger partial charge < -0.3 is 5.32 Å². The van der Waals surface area contributed by atoms with Crippen LogP contribution in [0.3, 0.4) is 0 Å². The summed E-state index contributed by atoms with van der Waals surface area (Å²) in [6, 6.07) is 23.4. The topological polar surface area (TPSA) is 67.2 Å². The average Bonchev–Trinajstić information content (AvgIpc) is 3.00. The molecule has 0 radical (unpaired) electrons. The third kappa shape index (κ3) is 4.11. The zero-order valence-corrected chi connectivity index (χ0v) is 17.3. The first-order valence-corrected chi connectivity index (χ1v) is 10.7. The molecule has 5 rings (SSSR count). The molecule has 0 saturated carbocycles. The smallest absolute Gasteiger partial charge is 0.251 e. The van der Waals surface area contributed by atoms with Gasteiger partial charge in [0.1, 0.15) is 0 Å². The van der Waals surface area contributed by atoms with Crippen LogP contribution in [0.4, 0.5) is 5.69 Å². The van der Waals surface area contributed by atoms with Gasteiger partial charge in [-0.15, -0.1) is 0 Å². The molecular formula is C25H18N4OS. The Morgan fingerprint density at radius 2 is 1.71 bits per heavy atom. The minimum Gasteiger partial charge on any atom is -0.348 e. The fourth-order valence-corrected chi connectivity index (χ4v) is 4.37. The maximum atomic E-state index is 12.8. The lowest BCUT2D eigenvalue weighted by molar-refractivity contribution is 0.0951. The second-order valence-corrected chi connectivity index (χ2v) is 8.08. The number of pyridine rings is 2. The highest BCUT2D eigenvalue weighted by Gasteiger charge is 2.20. The standard InChI is InChI=1S/C25H18N4OS/c30-25(28-16-17-10-13-26-14-11-17)18-8-9-23-21(15-18)29-24(20-6-3-4-12-27-20)19-5-1-2-7-22(19)31-23/h1-15H,16H2,(H,28,30). The van der Waals surface area contributed by atoms with Crippen molar-refractivity contribution in [3.63, 3.8) is 0 Å². The summed E-state index contributed by atoms with van der Waals surface area (Å²) in [5.41, 5.74) is 4.97. The first-order chi connectivity index (χ1) is 15.3. The highest BCUT2D eigenvalue weighted by Crippen LogP contribution is 2.41. The monoisotopic (exact) mass is 422 g/mol. The van der Waals surface area contributed by atoms with E-state index in [2.05, 4.69) is 27.4 Å². The van der Waals surface area contributed by atoms with Gasteiger partial charge in [-0.2, -0.15) is 0 Å². The van der Waals surface area contributed by atoms with Gasteiger partial charge in [0.15, 0.2) is 0 Å². The van der Waals surface area contributed by atoms with Gasteiger partial charge in [0.05, 0.1) is 17.1 Å². The molecule has 1 amide bonds. The van der Waals surface area contributed by atoms with Gasteiger partial charge in [0.25, 0.3) is 5.91 Å². The maximum Gasteiger partial charge on any atom is 0.251 e. The highest BCUT2D eigenvalue weighted by molar-refractivity contribution is 7.99. The van der Waals surface area contributed by atoms with Crippen LogP contribution in [0.1, 0.15) is 27.2 Å². The molecule has 0 unspecified atom stereocenters. The van der Waals surface area contributed by atoms with Crippen molar-refractivity contribution in [2.45, 2.75) is 16.3 Å². The Labute approximate surface area is 184 Å². The van der Waals surface area contributed by atoms with E-state index in [4.69, 9.17) is 4.99 Å². The Hall–Kier alpha value is -3.77. The molecule has 0 fully saturated rings. The number of carbonyl (C=O) groups excluding carboxylic acids is 1. The molecule has 2 aromatic carbocycles. The van der Waals surface area contributed by atoms with Crippen molar-refractivity contribution in [1.82, 2.24) is 15.3 Å². The fraction of sp³-hybridized carbons (Fsp3) is 0.0400. The molecule has 31 heavy (non-hydrogen) atoms. The molecule has 0 aliphatic carbocycles. The van der Waals surface area contributed by atoms with Crippen LogP contribution in [0, 0.1) is 0 Å². The Balaban J connectivity index is 1.51. The van der Waals surface area contributed by atoms with Crippen molar-refractivity contribution in [3.05, 3.63) is 114 Å². The van der Waals surface area contributed by atoms with Crippen molar-refractivity contribution < 1.29 is 4.79 Å². The van der Waals surface area contributed by atoms with Crippen molar-refractivity contribution in [2.24, 2.45) is 4.99 Å². The maximum absolute atomic E-state index is 12.8. The zero-order valence-electron chi connectivity index (χ0n) is 16.5. The van der Waals surface area contributed by atoms with E-state index in [1.165, 1.54) is 0 Å². The normalized spacial score (nSPS) is 12.2. The second-order valence-electron chi connectivity index (χ2n) is 6.99. The summed E-state index contributed by atoms with van der Waals surface area (Å²) in [5, 5.41) is 2.96. The number of rotatable bonds is 4. The molecule has 5 nitrogen and oxygen atoms in total. The second kappa shape index (κ2) is 8.53. The fourth-order valence-electron chi connectivity index (χ4n) is 3.37. The summed E-state index contributed by atoms with van der Waals surface area (Å²) in [4.78, 5) is 28.4. The van der Waals surface area contributed by atoms with Gasteiger partial charge in [0, 0.05) is 46.1 Å². The van der Waals surface area contributed by atoms with Crippen molar-refractivity contribution in [1.29, 1.82) is 0 Å². The van der Waals surface area contributed by atoms with Crippen LogP contribution in [0.2, 0.25) is 0 Å². The lowest BCUT2D eigenvalue weighted by atomic mass is 10.1. The summed E-state index contributed by atoms with van der Waals surface area (Å²) in [6.07, 6.45) is 5.20. The van der Waals surface area contributed by atoms with Crippen molar-refractivity contribution in [2.75, 3.05) is 0 Å². The number of nitrogens with zero attached hydrogens (tertiary/aromatic N) is 3. The van der Waals surface area contributed by atoms with Gasteiger partial charge in [-0.05, 0) is 54.1 Å². The highest BCUT2D eigenvalue weighted by atomic mass is 32.2. The van der Waals surface area contributed by atoms with Gasteiger partial charge >= 0.3 is 0 Å². The SMILES string of the molecule is O=C(NCc1ccncc1)c1ccc2c(c1)N=C(c1ccccn1)c1ccccc1S2. The number of hydrogen-bond donors (Lipinski definition) is 1. The Kier molecular flexibility index (Phi) is 5.29. The van der Waals surface area contributed by atoms with Gasteiger partial charge in [0.2, 0.25) is 0 Å². The molecule has 0 bridgehead atoms. The summed E-state index contributed by atoms with van der Waals surface area (Å²) >= 11 is 1.65. The van der Waals surface area contributed by atoms with Crippen LogP contribution in [-0.2, 0) is 6.54 Å². The Bertz CT molecular complexity index is 1270. The van der Waals surface area contributed by atoms with Gasteiger partial charge in [-0.25, -0.2) is 4.99 Å². The van der Waals surface area contributed by atoms with E-state index in [-0.39, 0.29) is 5.91 Å². The minimum absolute atomic E-state index is 0.138. The minimum atomic E-state index is -0.138. The van der Waals surface area contributed by atoms with E-state index >= 15 is 0 Å². The van der Waals surface area contributed by atoms with Crippen molar-refractivity contribution >= 4 is 29.1 Å². The lowest BCUT2D eigenvalue weighted by Crippen LogP contribution is -2.22. The molecule has 0 spiro atoms. The molecule has 1 aliphatic rings. The van der Waals surface area contributed by atoms with E-state index in [1.807, 2.05) is 60.7 Å². The molecule has 150 valence electrons. The molecule has 1 aliphatic heterocycles. The molecule has 3 heterocycles. The molecule has 4 aromatic rings. The van der Waals surface area contributed by atoms with Crippen LogP contribution in [-0.4, -0.2) is 21.6 Å². The number of hydrogen-bond acceptors (Lipinski definition) is 5. The van der Waals surface area contributed by atoms with Gasteiger partial charge in [-0.3, -0.25) is 14.8 Å². The first kappa shape index (κ1) is 19.2. The number of carbonyl (C=O) groups is 1. The summed E-state index contributed by atoms with van der Waals surface area (Å²) in [7, 11) is 0. The molecular weight excluding hydrogens is 404 g/mol. The predicted octanol–water partition coefficient (Wildman–Crippen LogP) is 5.04. The van der Waals surface area contributed by atoms with Crippen LogP contribution < -0.4 is 5.32 Å². The number of nitrogens with one attached hydrogen (secondary N) is 1. The largest absolute Gasteiger partial charge is 0.348 e. The lowest BCUT2D eigenvalue weighted by Gasteiger charge is -2.08. The van der Waals surface area contributed by atoms with E-state index in [9.17, 15) is 4.79 Å². The summed E-state index contributed by atoms with van der Waals surface area (Å²) < 4.78 is 0. The Morgan fingerprint density at radius 1 is 0.871 bits per heavy atom. The number of benzene rings is 2. The number of aliphatic imine (C=N–C) groups is 1. The molecule has 0 saturated heterocycles. The van der Waals surface area contributed by atoms with E-state index in [0.717, 1.165) is 38.0 Å². The van der Waals surface area contributed by atoms with Crippen molar-refractivity contribution in [3.8, 4) is 0 Å². The third-order valence-corrected chi connectivity index (χ3v) is 6.07. The zero-order chi connectivity index (χ0) is 21.0. The quantitative estimate of drug-likeness (QED) is 0.441. The Morgan fingerprint density at radius 3 is 2.55 bits per heavy atom. The molecule has 1 N–H and O–H groups in total. The molecule has 2 aromatic heterocycles. The number of aromatic nitrogens is 2. The van der Waals surface area contributed by atoms with Crippen LogP contribution in [0.15, 0.2) is 106 Å². The number of amides is 1. The summed E-state index contributed by atoms with van der Waals surface area (Å²) in [5.74, 6) is -0.138. The van der Waals surface area contributed by atoms with Crippen LogP contribution in [0.5, 0.6) is 0 Å². The predicted molar refractivity (Wildman–Crippen MR) is 122 cm³/mol. The van der Waals surface area contributed by atoms with Crippen LogP contribution in [0.25, 0.3) is 0 Å². The van der Waals surface area contributed by atoms with E-state index in [1.54, 1.807) is 30.4 Å². The summed E-state index contributed by atoms with van der Waals surface area (Å²) in [6.45, 7) is 0.446. The third-order valence-electron chi connectivity index (χ3n) is 4.93. The molecule has 6 heteroatoms. The van der Waals surface area contributed by atoms with E-state index < -0.39 is 0 Å². The van der Waals surface area contributed by atoms with Crippen LogP contribution >= 0.6 is 11.8 Å². The first-order valence-electron chi connectivity index (χ1n) is 9.86. The number of fused-ring (bicyclic) bond motifs is 2.